The van der Waals surface area contributed by atoms with Gasteiger partial charge in [0.05, 0.1) is 24.5 Å². The first-order chi connectivity index (χ1) is 12.0. The van der Waals surface area contributed by atoms with E-state index in [-0.39, 0.29) is 6.10 Å². The van der Waals surface area contributed by atoms with Gasteiger partial charge in [-0.25, -0.2) is 9.59 Å². The number of nitrogens with zero attached hydrogens (tertiary/aromatic N) is 1. The van der Waals surface area contributed by atoms with Crippen LogP contribution in [0.25, 0.3) is 0 Å². The van der Waals surface area contributed by atoms with Crippen molar-refractivity contribution < 1.29 is 19.1 Å². The zero-order valence-corrected chi connectivity index (χ0v) is 14.4. The van der Waals surface area contributed by atoms with E-state index in [1.807, 2.05) is 19.9 Å². The van der Waals surface area contributed by atoms with Crippen LogP contribution in [0.5, 0.6) is 5.75 Å². The molecule has 132 valence electrons. The minimum Gasteiger partial charge on any atom is -0.489 e. The van der Waals surface area contributed by atoms with Crippen molar-refractivity contribution in [2.45, 2.75) is 26.5 Å². The number of carbonyl (C=O) groups is 2. The van der Waals surface area contributed by atoms with Crippen molar-refractivity contribution in [3.63, 3.8) is 0 Å². The fourth-order valence-electron chi connectivity index (χ4n) is 2.08. The van der Waals surface area contributed by atoms with Crippen LogP contribution in [0.1, 0.15) is 29.8 Å². The summed E-state index contributed by atoms with van der Waals surface area (Å²) in [5.41, 5.74) is 1.58. The Kier molecular flexibility index (Phi) is 6.33. The first-order valence-electron chi connectivity index (χ1n) is 7.82. The highest BCUT2D eigenvalue weighted by atomic mass is 16.5. The molecule has 1 aromatic carbocycles. The van der Waals surface area contributed by atoms with Crippen molar-refractivity contribution in [1.29, 1.82) is 0 Å². The van der Waals surface area contributed by atoms with Crippen molar-refractivity contribution in [3.05, 3.63) is 53.9 Å². The molecular weight excluding hydrogens is 322 g/mol. The topological polar surface area (TPSA) is 89.5 Å². The summed E-state index contributed by atoms with van der Waals surface area (Å²) in [7, 11) is 1.30. The van der Waals surface area contributed by atoms with E-state index in [0.717, 1.165) is 5.56 Å². The lowest BCUT2D eigenvalue weighted by atomic mass is 10.2. The summed E-state index contributed by atoms with van der Waals surface area (Å²) in [5, 5.41) is 5.43. The Balaban J connectivity index is 2.11. The number of esters is 1. The van der Waals surface area contributed by atoms with Gasteiger partial charge in [0.15, 0.2) is 0 Å². The normalized spacial score (nSPS) is 10.2. The molecule has 0 saturated heterocycles. The number of aromatic nitrogens is 1. The zero-order valence-electron chi connectivity index (χ0n) is 14.4. The molecule has 0 aliphatic carbocycles. The summed E-state index contributed by atoms with van der Waals surface area (Å²) in [6, 6.07) is 7.97. The molecule has 0 atom stereocenters. The van der Waals surface area contributed by atoms with Crippen LogP contribution in [-0.2, 0) is 11.3 Å². The number of nitrogens with one attached hydrogen (secondary N) is 2. The first kappa shape index (κ1) is 18.3. The number of amides is 2. The number of hydrogen-bond acceptors (Lipinski definition) is 5. The number of ether oxygens (including phenoxy) is 2. The molecule has 0 radical (unpaired) electrons. The van der Waals surface area contributed by atoms with Crippen molar-refractivity contribution >= 4 is 17.7 Å². The van der Waals surface area contributed by atoms with Gasteiger partial charge in [-0.05, 0) is 43.7 Å². The molecule has 0 fully saturated rings. The summed E-state index contributed by atoms with van der Waals surface area (Å²) in [6.07, 6.45) is 3.26. The van der Waals surface area contributed by atoms with Crippen LogP contribution in [0.15, 0.2) is 42.7 Å². The molecule has 2 rings (SSSR count). The third kappa shape index (κ3) is 5.49. The number of benzene rings is 1. The molecule has 25 heavy (non-hydrogen) atoms. The van der Waals surface area contributed by atoms with Gasteiger partial charge in [-0.2, -0.15) is 0 Å². The molecule has 1 aromatic heterocycles. The van der Waals surface area contributed by atoms with Gasteiger partial charge in [0.2, 0.25) is 0 Å². The summed E-state index contributed by atoms with van der Waals surface area (Å²) in [6.45, 7) is 4.08. The fourth-order valence-corrected chi connectivity index (χ4v) is 2.08. The van der Waals surface area contributed by atoms with E-state index in [4.69, 9.17) is 9.47 Å². The lowest BCUT2D eigenvalue weighted by Gasteiger charge is -2.16. The number of anilines is 1. The molecule has 1 heterocycles. The lowest BCUT2D eigenvalue weighted by Crippen LogP contribution is -2.28. The Hall–Kier alpha value is -3.09. The third-order valence-electron chi connectivity index (χ3n) is 3.19. The van der Waals surface area contributed by atoms with E-state index >= 15 is 0 Å². The lowest BCUT2D eigenvalue weighted by molar-refractivity contribution is 0.0600. The van der Waals surface area contributed by atoms with Crippen LogP contribution in [0.3, 0.4) is 0 Å². The predicted molar refractivity (Wildman–Crippen MR) is 93.6 cm³/mol. The van der Waals surface area contributed by atoms with E-state index in [2.05, 4.69) is 15.6 Å². The van der Waals surface area contributed by atoms with Crippen LogP contribution in [0.4, 0.5) is 10.5 Å². The number of urea groups is 1. The smallest absolute Gasteiger partial charge is 0.337 e. The zero-order chi connectivity index (χ0) is 18.2. The monoisotopic (exact) mass is 343 g/mol. The molecule has 0 aliphatic rings. The maximum Gasteiger partial charge on any atom is 0.337 e. The Labute approximate surface area is 146 Å². The molecule has 0 saturated carbocycles. The molecule has 7 nitrogen and oxygen atoms in total. The molecule has 0 aliphatic heterocycles. The SMILES string of the molecule is COC(=O)c1ccc(OC(C)C)c(NC(=O)NCc2cccnc2)c1. The summed E-state index contributed by atoms with van der Waals surface area (Å²) in [4.78, 5) is 27.8. The Morgan fingerprint density at radius 3 is 2.68 bits per heavy atom. The van der Waals surface area contributed by atoms with Gasteiger partial charge in [0, 0.05) is 18.9 Å². The van der Waals surface area contributed by atoms with E-state index in [9.17, 15) is 9.59 Å². The summed E-state index contributed by atoms with van der Waals surface area (Å²) in [5.74, 6) is -0.0194. The van der Waals surface area contributed by atoms with E-state index < -0.39 is 12.0 Å². The second-order valence-corrected chi connectivity index (χ2v) is 5.54. The van der Waals surface area contributed by atoms with Crippen molar-refractivity contribution in [1.82, 2.24) is 10.3 Å². The highest BCUT2D eigenvalue weighted by Gasteiger charge is 2.14. The van der Waals surface area contributed by atoms with E-state index in [1.54, 1.807) is 30.6 Å². The van der Waals surface area contributed by atoms with Gasteiger partial charge < -0.3 is 20.1 Å². The van der Waals surface area contributed by atoms with E-state index in [1.165, 1.54) is 13.2 Å². The molecule has 2 aromatic rings. The van der Waals surface area contributed by atoms with Gasteiger partial charge in [-0.3, -0.25) is 4.98 Å². The predicted octanol–water partition coefficient (Wildman–Crippen LogP) is 2.98. The average Bonchev–Trinajstić information content (AvgIpc) is 2.61. The Morgan fingerprint density at radius 2 is 2.04 bits per heavy atom. The molecule has 0 unspecified atom stereocenters. The standard InChI is InChI=1S/C18H21N3O4/c1-12(2)25-16-7-6-14(17(22)24-3)9-15(16)21-18(23)20-11-13-5-4-8-19-10-13/h4-10,12H,11H2,1-3H3,(H2,20,21,23). The second-order valence-electron chi connectivity index (χ2n) is 5.54. The molecule has 0 spiro atoms. The number of methoxy groups -OCH3 is 1. The van der Waals surface area contributed by atoms with Gasteiger partial charge >= 0.3 is 12.0 Å². The highest BCUT2D eigenvalue weighted by molar-refractivity contribution is 5.95. The van der Waals surface area contributed by atoms with Crippen molar-refractivity contribution in [2.75, 3.05) is 12.4 Å². The van der Waals surface area contributed by atoms with Crippen LogP contribution < -0.4 is 15.4 Å². The highest BCUT2D eigenvalue weighted by Crippen LogP contribution is 2.27. The van der Waals surface area contributed by atoms with E-state index in [0.29, 0.717) is 23.5 Å². The van der Waals surface area contributed by atoms with Crippen molar-refractivity contribution in [3.8, 4) is 5.75 Å². The quantitative estimate of drug-likeness (QED) is 0.787. The Bertz CT molecular complexity index is 732. The van der Waals surface area contributed by atoms with Gasteiger partial charge in [-0.15, -0.1) is 0 Å². The maximum absolute atomic E-state index is 12.2. The molecule has 0 bridgehead atoms. The van der Waals surface area contributed by atoms with Gasteiger partial charge in [-0.1, -0.05) is 6.07 Å². The second kappa shape index (κ2) is 8.68. The fraction of sp³-hybridized carbons (Fsp3) is 0.278. The van der Waals surface area contributed by atoms with Crippen LogP contribution in [-0.4, -0.2) is 30.2 Å². The van der Waals surface area contributed by atoms with Crippen LogP contribution >= 0.6 is 0 Å². The minimum absolute atomic E-state index is 0.0806. The average molecular weight is 343 g/mol. The first-order valence-corrected chi connectivity index (χ1v) is 7.82. The summed E-state index contributed by atoms with van der Waals surface area (Å²) >= 11 is 0. The minimum atomic E-state index is -0.491. The molecule has 2 amide bonds. The number of pyridine rings is 1. The largest absolute Gasteiger partial charge is 0.489 e. The van der Waals surface area contributed by atoms with Gasteiger partial charge in [0.25, 0.3) is 0 Å². The van der Waals surface area contributed by atoms with Crippen LogP contribution in [0.2, 0.25) is 0 Å². The number of hydrogen-bond donors (Lipinski definition) is 2. The molecule has 2 N–H and O–H groups in total. The van der Waals surface area contributed by atoms with Crippen molar-refractivity contribution in [2.24, 2.45) is 0 Å². The molecular formula is C18H21N3O4. The van der Waals surface area contributed by atoms with Crippen LogP contribution in [0, 0.1) is 0 Å². The molecule has 7 heteroatoms. The maximum atomic E-state index is 12.2. The Morgan fingerprint density at radius 1 is 1.24 bits per heavy atom. The van der Waals surface area contributed by atoms with Gasteiger partial charge in [0.1, 0.15) is 5.75 Å². The summed E-state index contributed by atoms with van der Waals surface area (Å²) < 4.78 is 10.4. The number of rotatable bonds is 6. The third-order valence-corrected chi connectivity index (χ3v) is 3.19. The number of carbonyl (C=O) groups excluding carboxylic acids is 2.